The molecule has 5 aromatic rings. The fourth-order valence-electron chi connectivity index (χ4n) is 3.85. The minimum Gasteiger partial charge on any atom is -0.457 e. The molecule has 0 atom stereocenters. The van der Waals surface area contributed by atoms with Gasteiger partial charge in [-0.1, -0.05) is 0 Å². The van der Waals surface area contributed by atoms with Crippen molar-refractivity contribution in [3.05, 3.63) is 78.2 Å². The molecule has 39 heavy (non-hydrogen) atoms. The van der Waals surface area contributed by atoms with Gasteiger partial charge in [0.25, 0.3) is 5.91 Å². The molecule has 3 heterocycles. The summed E-state index contributed by atoms with van der Waals surface area (Å²) in [4.78, 5) is 33.1. The molecular formula is C27H22F3N5O4. The van der Waals surface area contributed by atoms with Crippen molar-refractivity contribution >= 4 is 39.6 Å². The first kappa shape index (κ1) is 25.8. The molecular weight excluding hydrogens is 515 g/mol. The predicted molar refractivity (Wildman–Crippen MR) is 137 cm³/mol. The number of aromatic nitrogens is 4. The number of rotatable bonds is 4. The van der Waals surface area contributed by atoms with Crippen LogP contribution >= 0.6 is 0 Å². The molecule has 0 saturated carbocycles. The number of alkyl halides is 3. The van der Waals surface area contributed by atoms with Gasteiger partial charge in [0.05, 0.1) is 16.5 Å². The molecule has 5 rings (SSSR count). The van der Waals surface area contributed by atoms with Crippen LogP contribution in [0.1, 0.15) is 36.8 Å². The van der Waals surface area contributed by atoms with Crippen LogP contribution in [0, 0.1) is 0 Å². The quantitative estimate of drug-likeness (QED) is 0.262. The van der Waals surface area contributed by atoms with Crippen LogP contribution in [0.2, 0.25) is 0 Å². The molecule has 1 amide bonds. The summed E-state index contributed by atoms with van der Waals surface area (Å²) >= 11 is 0. The fourth-order valence-corrected chi connectivity index (χ4v) is 3.85. The molecule has 200 valence electrons. The molecule has 12 heteroatoms. The Labute approximate surface area is 219 Å². The van der Waals surface area contributed by atoms with Crippen molar-refractivity contribution in [2.24, 2.45) is 0 Å². The molecule has 0 spiro atoms. The summed E-state index contributed by atoms with van der Waals surface area (Å²) in [7, 11) is 0. The number of pyridine rings is 1. The zero-order chi connectivity index (χ0) is 27.9. The number of H-pyrrole nitrogens is 1. The summed E-state index contributed by atoms with van der Waals surface area (Å²) in [6.07, 6.45) is -2.24. The lowest BCUT2D eigenvalue weighted by Gasteiger charge is -2.19. The van der Waals surface area contributed by atoms with Crippen molar-refractivity contribution in [1.82, 2.24) is 19.7 Å². The van der Waals surface area contributed by atoms with Crippen LogP contribution in [0.15, 0.2) is 67.0 Å². The highest BCUT2D eigenvalue weighted by Crippen LogP contribution is 2.33. The van der Waals surface area contributed by atoms with Gasteiger partial charge >= 0.3 is 12.3 Å². The Kier molecular flexibility index (Phi) is 6.25. The topological polar surface area (TPSA) is 111 Å². The van der Waals surface area contributed by atoms with Gasteiger partial charge in [0, 0.05) is 23.5 Å². The SMILES string of the molecule is CC(C)(C)OC(=O)n1nc(C(=O)Nc2ccc(Oc3ccnc4[nH]ccc34)cc2)c2cc(C(F)(F)F)ccc21. The number of hydrogen-bond donors (Lipinski definition) is 2. The first-order chi connectivity index (χ1) is 18.4. The van der Waals surface area contributed by atoms with Gasteiger partial charge < -0.3 is 19.8 Å². The molecule has 2 aromatic carbocycles. The van der Waals surface area contributed by atoms with E-state index < -0.39 is 29.3 Å². The zero-order valence-corrected chi connectivity index (χ0v) is 21.0. The smallest absolute Gasteiger partial charge is 0.435 e. The Balaban J connectivity index is 1.42. The van der Waals surface area contributed by atoms with Gasteiger partial charge in [0.2, 0.25) is 0 Å². The second-order valence-corrected chi connectivity index (χ2v) is 9.60. The Bertz CT molecular complexity index is 1700. The van der Waals surface area contributed by atoms with Gasteiger partial charge in [-0.05, 0) is 75.4 Å². The van der Waals surface area contributed by atoms with Crippen molar-refractivity contribution in [3.63, 3.8) is 0 Å². The van der Waals surface area contributed by atoms with E-state index in [1.165, 1.54) is 0 Å². The van der Waals surface area contributed by atoms with Crippen molar-refractivity contribution in [2.45, 2.75) is 32.5 Å². The van der Waals surface area contributed by atoms with Gasteiger partial charge in [-0.15, -0.1) is 0 Å². The average Bonchev–Trinajstić information content (AvgIpc) is 3.49. The van der Waals surface area contributed by atoms with E-state index in [0.717, 1.165) is 28.3 Å². The Morgan fingerprint density at radius 1 is 0.974 bits per heavy atom. The average molecular weight is 537 g/mol. The molecule has 3 aromatic heterocycles. The normalized spacial score (nSPS) is 12.1. The number of carbonyl (C=O) groups is 2. The number of aromatic amines is 1. The molecule has 0 unspecified atom stereocenters. The van der Waals surface area contributed by atoms with Crippen molar-refractivity contribution < 1.29 is 32.2 Å². The van der Waals surface area contributed by atoms with Gasteiger partial charge in [0.1, 0.15) is 22.7 Å². The summed E-state index contributed by atoms with van der Waals surface area (Å²) in [6.45, 7) is 4.90. The van der Waals surface area contributed by atoms with Crippen LogP contribution in [-0.4, -0.2) is 37.3 Å². The van der Waals surface area contributed by atoms with Crippen molar-refractivity contribution in [1.29, 1.82) is 0 Å². The minimum atomic E-state index is -4.66. The monoisotopic (exact) mass is 537 g/mol. The molecule has 2 N–H and O–H groups in total. The van der Waals surface area contributed by atoms with E-state index in [1.807, 2.05) is 6.07 Å². The Morgan fingerprint density at radius 3 is 2.41 bits per heavy atom. The van der Waals surface area contributed by atoms with Gasteiger partial charge in [-0.3, -0.25) is 4.79 Å². The molecule has 0 radical (unpaired) electrons. The number of halogens is 3. The third-order valence-corrected chi connectivity index (χ3v) is 5.55. The van der Waals surface area contributed by atoms with Gasteiger partial charge in [-0.25, -0.2) is 9.78 Å². The number of ether oxygens (including phenoxy) is 2. The fraction of sp³-hybridized carbons (Fsp3) is 0.185. The van der Waals surface area contributed by atoms with Crippen LogP contribution in [-0.2, 0) is 10.9 Å². The van der Waals surface area contributed by atoms with E-state index in [9.17, 15) is 22.8 Å². The largest absolute Gasteiger partial charge is 0.457 e. The van der Waals surface area contributed by atoms with E-state index in [0.29, 0.717) is 22.8 Å². The van der Waals surface area contributed by atoms with E-state index in [-0.39, 0.29) is 16.6 Å². The molecule has 0 bridgehead atoms. The summed E-state index contributed by atoms with van der Waals surface area (Å²) < 4.78 is 52.2. The lowest BCUT2D eigenvalue weighted by atomic mass is 10.1. The standard InChI is InChI=1S/C27H22F3N5O4/c1-26(2,3)39-25(37)35-20-9-4-15(27(28,29)30)14-19(20)22(34-35)24(36)33-16-5-7-17(8-6-16)38-21-11-13-32-23-18(21)10-12-31-23/h4-14H,1-3H3,(H,31,32)(H,33,36). The van der Waals surface area contributed by atoms with Crippen molar-refractivity contribution in [3.8, 4) is 11.5 Å². The van der Waals surface area contributed by atoms with E-state index >= 15 is 0 Å². The minimum absolute atomic E-state index is 0.000398. The number of carbonyl (C=O) groups excluding carboxylic acids is 2. The van der Waals surface area contributed by atoms with Gasteiger partial charge in [0.15, 0.2) is 5.69 Å². The van der Waals surface area contributed by atoms with Crippen LogP contribution in [0.5, 0.6) is 11.5 Å². The van der Waals surface area contributed by atoms with Crippen LogP contribution in [0.3, 0.4) is 0 Å². The Morgan fingerprint density at radius 2 is 1.72 bits per heavy atom. The number of anilines is 1. The highest BCUT2D eigenvalue weighted by Gasteiger charge is 2.33. The highest BCUT2D eigenvalue weighted by atomic mass is 19.4. The number of nitrogens with zero attached hydrogens (tertiary/aromatic N) is 3. The molecule has 0 saturated heterocycles. The molecule has 0 aliphatic heterocycles. The van der Waals surface area contributed by atoms with Crippen LogP contribution in [0.25, 0.3) is 21.9 Å². The summed E-state index contributed by atoms with van der Waals surface area (Å²) in [5, 5.41) is 7.27. The maximum atomic E-state index is 13.4. The predicted octanol–water partition coefficient (Wildman–Crippen LogP) is 6.76. The highest BCUT2D eigenvalue weighted by molar-refractivity contribution is 6.12. The van der Waals surface area contributed by atoms with E-state index in [2.05, 4.69) is 20.4 Å². The summed E-state index contributed by atoms with van der Waals surface area (Å²) in [6, 6.07) is 12.6. The molecule has 0 aliphatic carbocycles. The summed E-state index contributed by atoms with van der Waals surface area (Å²) in [5.74, 6) is 0.257. The third kappa shape index (κ3) is 5.40. The first-order valence-electron chi connectivity index (χ1n) is 11.7. The number of nitrogens with one attached hydrogen (secondary N) is 2. The zero-order valence-electron chi connectivity index (χ0n) is 21.0. The Hall–Kier alpha value is -4.87. The lowest BCUT2D eigenvalue weighted by Crippen LogP contribution is -2.28. The maximum Gasteiger partial charge on any atom is 0.435 e. The van der Waals surface area contributed by atoms with E-state index in [1.54, 1.807) is 63.5 Å². The molecule has 9 nitrogen and oxygen atoms in total. The number of amides is 1. The van der Waals surface area contributed by atoms with Gasteiger partial charge in [-0.2, -0.15) is 23.0 Å². The lowest BCUT2D eigenvalue weighted by molar-refractivity contribution is -0.137. The van der Waals surface area contributed by atoms with Crippen molar-refractivity contribution in [2.75, 3.05) is 5.32 Å². The third-order valence-electron chi connectivity index (χ3n) is 5.55. The molecule has 0 fully saturated rings. The second kappa shape index (κ2) is 9.46. The first-order valence-corrected chi connectivity index (χ1v) is 11.7. The summed E-state index contributed by atoms with van der Waals surface area (Å²) in [5.41, 5.74) is -1.24. The second-order valence-electron chi connectivity index (χ2n) is 9.60. The number of hydrogen-bond acceptors (Lipinski definition) is 6. The van der Waals surface area contributed by atoms with Crippen LogP contribution in [0.4, 0.5) is 23.7 Å². The number of benzene rings is 2. The maximum absolute atomic E-state index is 13.4. The van der Waals surface area contributed by atoms with E-state index in [4.69, 9.17) is 9.47 Å². The number of fused-ring (bicyclic) bond motifs is 2. The molecule has 0 aliphatic rings. The van der Waals surface area contributed by atoms with Crippen LogP contribution < -0.4 is 10.1 Å².